The highest BCUT2D eigenvalue weighted by Gasteiger charge is 2.26. The average Bonchev–Trinajstić information content (AvgIpc) is 2.78. The molecule has 0 fully saturated rings. The summed E-state index contributed by atoms with van der Waals surface area (Å²) in [6.45, 7) is 0.238. The summed E-state index contributed by atoms with van der Waals surface area (Å²) in [5.74, 6) is -0.695. The molecule has 1 aromatic carbocycles. The molecule has 0 spiro atoms. The molecule has 5 heteroatoms. The van der Waals surface area contributed by atoms with E-state index in [1.165, 1.54) is 0 Å². The first-order chi connectivity index (χ1) is 7.72. The summed E-state index contributed by atoms with van der Waals surface area (Å²) in [6.07, 6.45) is 0. The molecule has 84 valence electrons. The molecule has 1 aliphatic rings. The molecule has 0 bridgehead atoms. The number of para-hydroxylation sites is 1. The van der Waals surface area contributed by atoms with Gasteiger partial charge in [0.15, 0.2) is 0 Å². The lowest BCUT2D eigenvalue weighted by Gasteiger charge is -2.10. The molecular formula is C11H11NO4. The van der Waals surface area contributed by atoms with Crippen LogP contribution in [0, 0.1) is 0 Å². The fraction of sp³-hybridized carbons (Fsp3) is 0.273. The van der Waals surface area contributed by atoms with Gasteiger partial charge in [-0.2, -0.15) is 0 Å². The molecule has 0 saturated carbocycles. The summed E-state index contributed by atoms with van der Waals surface area (Å²) in [5.41, 5.74) is 0.834. The van der Waals surface area contributed by atoms with Gasteiger partial charge in [0.25, 0.3) is 5.90 Å². The molecule has 0 radical (unpaired) electrons. The molecular weight excluding hydrogens is 210 g/mol. The highest BCUT2D eigenvalue weighted by atomic mass is 16.5. The summed E-state index contributed by atoms with van der Waals surface area (Å²) in [6, 6.07) is 7.05. The number of aliphatic imine (C=N–C) groups is 1. The van der Waals surface area contributed by atoms with E-state index < -0.39 is 5.97 Å². The second-order valence-electron chi connectivity index (χ2n) is 3.31. The van der Waals surface area contributed by atoms with Crippen molar-refractivity contribution < 1.29 is 19.4 Å². The van der Waals surface area contributed by atoms with Crippen molar-refractivity contribution in [2.24, 2.45) is 4.99 Å². The van der Waals surface area contributed by atoms with Gasteiger partial charge in [-0.15, -0.1) is 0 Å². The van der Waals surface area contributed by atoms with E-state index in [0.717, 1.165) is 5.56 Å². The molecule has 1 heterocycles. The van der Waals surface area contributed by atoms with Crippen LogP contribution in [-0.4, -0.2) is 30.7 Å². The van der Waals surface area contributed by atoms with Gasteiger partial charge in [-0.3, -0.25) is 0 Å². The van der Waals surface area contributed by atoms with Gasteiger partial charge in [-0.25, -0.2) is 9.79 Å². The molecule has 0 aliphatic carbocycles. The van der Waals surface area contributed by atoms with Gasteiger partial charge in [0, 0.05) is 5.56 Å². The van der Waals surface area contributed by atoms with Crippen LogP contribution in [0.15, 0.2) is 29.3 Å². The maximum Gasteiger partial charge on any atom is 0.391 e. The quantitative estimate of drug-likeness (QED) is 0.834. The molecule has 1 aromatic rings. The largest absolute Gasteiger partial charge is 0.496 e. The minimum atomic E-state index is -1.14. The van der Waals surface area contributed by atoms with Crippen molar-refractivity contribution in [3.8, 4) is 5.75 Å². The fourth-order valence-electron chi connectivity index (χ4n) is 1.59. The number of carboxylic acids is 1. The molecule has 0 amide bonds. The molecule has 0 saturated heterocycles. The van der Waals surface area contributed by atoms with Crippen molar-refractivity contribution in [2.45, 2.75) is 6.04 Å². The minimum Gasteiger partial charge on any atom is -0.496 e. The second-order valence-corrected chi connectivity index (χ2v) is 3.31. The normalized spacial score (nSPS) is 18.8. The molecule has 1 N–H and O–H groups in total. The van der Waals surface area contributed by atoms with Crippen LogP contribution >= 0.6 is 0 Å². The van der Waals surface area contributed by atoms with Gasteiger partial charge >= 0.3 is 5.97 Å². The summed E-state index contributed by atoms with van der Waals surface area (Å²) < 4.78 is 10.2. The third kappa shape index (κ3) is 1.84. The molecule has 1 unspecified atom stereocenters. The van der Waals surface area contributed by atoms with Gasteiger partial charge in [0.2, 0.25) is 0 Å². The van der Waals surface area contributed by atoms with Crippen molar-refractivity contribution in [2.75, 3.05) is 13.7 Å². The van der Waals surface area contributed by atoms with E-state index >= 15 is 0 Å². The van der Waals surface area contributed by atoms with E-state index in [9.17, 15) is 4.79 Å². The number of aliphatic carboxylic acids is 1. The van der Waals surface area contributed by atoms with Gasteiger partial charge < -0.3 is 14.6 Å². The van der Waals surface area contributed by atoms with Crippen LogP contribution in [0.25, 0.3) is 0 Å². The third-order valence-corrected chi connectivity index (χ3v) is 2.33. The van der Waals surface area contributed by atoms with Gasteiger partial charge in [-0.1, -0.05) is 18.2 Å². The minimum absolute atomic E-state index is 0.238. The highest BCUT2D eigenvalue weighted by Crippen LogP contribution is 2.30. The summed E-state index contributed by atoms with van der Waals surface area (Å²) in [5, 5.41) is 8.72. The van der Waals surface area contributed by atoms with Crippen LogP contribution in [-0.2, 0) is 9.53 Å². The van der Waals surface area contributed by atoms with Crippen LogP contribution < -0.4 is 4.74 Å². The lowest BCUT2D eigenvalue weighted by molar-refractivity contribution is -0.130. The third-order valence-electron chi connectivity index (χ3n) is 2.33. The number of carboxylic acid groups (broad SMARTS) is 1. The first-order valence-electron chi connectivity index (χ1n) is 4.79. The van der Waals surface area contributed by atoms with Crippen molar-refractivity contribution in [3.05, 3.63) is 29.8 Å². The smallest absolute Gasteiger partial charge is 0.391 e. The van der Waals surface area contributed by atoms with Crippen LogP contribution in [0.4, 0.5) is 0 Å². The molecule has 1 aliphatic heterocycles. The maximum atomic E-state index is 10.6. The summed E-state index contributed by atoms with van der Waals surface area (Å²) >= 11 is 0. The molecule has 5 nitrogen and oxygen atoms in total. The van der Waals surface area contributed by atoms with Crippen molar-refractivity contribution in [1.82, 2.24) is 0 Å². The van der Waals surface area contributed by atoms with Crippen molar-refractivity contribution in [1.29, 1.82) is 0 Å². The maximum absolute atomic E-state index is 10.6. The topological polar surface area (TPSA) is 68.1 Å². The zero-order valence-corrected chi connectivity index (χ0v) is 8.71. The number of hydrogen-bond acceptors (Lipinski definition) is 4. The molecule has 1 atom stereocenters. The predicted octanol–water partition coefficient (Wildman–Crippen LogP) is 1.25. The molecule has 16 heavy (non-hydrogen) atoms. The Hall–Kier alpha value is -2.04. The van der Waals surface area contributed by atoms with Crippen LogP contribution in [0.5, 0.6) is 5.75 Å². The standard InChI is InChI=1S/C11H11NO4/c1-15-9-5-3-2-4-7(9)8-6-16-10(12-8)11(13)14/h2-5,8H,6H2,1H3,(H,13,14). The Bertz CT molecular complexity index is 441. The van der Waals surface area contributed by atoms with Crippen LogP contribution in [0.1, 0.15) is 11.6 Å². The Morgan fingerprint density at radius 1 is 1.56 bits per heavy atom. The lowest BCUT2D eigenvalue weighted by atomic mass is 10.1. The number of nitrogens with zero attached hydrogens (tertiary/aromatic N) is 1. The van der Waals surface area contributed by atoms with E-state index in [1.54, 1.807) is 7.11 Å². The zero-order chi connectivity index (χ0) is 11.5. The van der Waals surface area contributed by atoms with E-state index in [1.807, 2.05) is 24.3 Å². The average molecular weight is 221 g/mol. The number of rotatable bonds is 3. The summed E-state index contributed by atoms with van der Waals surface area (Å²) in [4.78, 5) is 14.6. The fourth-order valence-corrected chi connectivity index (χ4v) is 1.59. The highest BCUT2D eigenvalue weighted by molar-refractivity contribution is 6.32. The zero-order valence-electron chi connectivity index (χ0n) is 8.71. The van der Waals surface area contributed by atoms with Gasteiger partial charge in [-0.05, 0) is 6.07 Å². The predicted molar refractivity (Wildman–Crippen MR) is 56.8 cm³/mol. The molecule has 2 rings (SSSR count). The number of carbonyl (C=O) groups is 1. The van der Waals surface area contributed by atoms with E-state index in [0.29, 0.717) is 5.75 Å². The van der Waals surface area contributed by atoms with E-state index in [4.69, 9.17) is 14.6 Å². The Morgan fingerprint density at radius 2 is 2.31 bits per heavy atom. The van der Waals surface area contributed by atoms with Gasteiger partial charge in [0.05, 0.1) is 7.11 Å². The Morgan fingerprint density at radius 3 is 2.94 bits per heavy atom. The first kappa shape index (κ1) is 10.5. The number of hydrogen-bond donors (Lipinski definition) is 1. The number of methoxy groups -OCH3 is 1. The Labute approximate surface area is 92.3 Å². The second kappa shape index (κ2) is 4.22. The summed E-state index contributed by atoms with van der Waals surface area (Å²) in [7, 11) is 1.57. The van der Waals surface area contributed by atoms with E-state index in [-0.39, 0.29) is 18.5 Å². The van der Waals surface area contributed by atoms with Crippen molar-refractivity contribution in [3.63, 3.8) is 0 Å². The first-order valence-corrected chi connectivity index (χ1v) is 4.79. The number of benzene rings is 1. The Balaban J connectivity index is 2.29. The lowest BCUT2D eigenvalue weighted by Crippen LogP contribution is -2.12. The van der Waals surface area contributed by atoms with Crippen molar-refractivity contribution >= 4 is 11.9 Å². The van der Waals surface area contributed by atoms with Crippen LogP contribution in [0.3, 0.4) is 0 Å². The van der Waals surface area contributed by atoms with Crippen LogP contribution in [0.2, 0.25) is 0 Å². The van der Waals surface area contributed by atoms with Gasteiger partial charge in [0.1, 0.15) is 18.4 Å². The molecule has 0 aromatic heterocycles. The SMILES string of the molecule is COc1ccccc1C1COC(C(=O)O)=N1. The number of ether oxygens (including phenoxy) is 2. The monoisotopic (exact) mass is 221 g/mol. The van der Waals surface area contributed by atoms with E-state index in [2.05, 4.69) is 4.99 Å². The Kier molecular flexibility index (Phi) is 2.76.